The van der Waals surface area contributed by atoms with Crippen molar-refractivity contribution >= 4 is 22.6 Å². The highest BCUT2D eigenvalue weighted by molar-refractivity contribution is 6.14. The van der Waals surface area contributed by atoms with E-state index in [1.807, 2.05) is 65.1 Å². The van der Waals surface area contributed by atoms with Crippen LogP contribution in [-0.2, 0) is 7.05 Å². The lowest BCUT2D eigenvalue weighted by Crippen LogP contribution is -2.31. The lowest BCUT2D eigenvalue weighted by Gasteiger charge is -2.23. The lowest BCUT2D eigenvalue weighted by atomic mass is 10.1. The zero-order chi connectivity index (χ0) is 20.7. The Morgan fingerprint density at radius 1 is 1.14 bits per heavy atom. The molecular formula is C23H24N4O2. The van der Waals surface area contributed by atoms with E-state index in [2.05, 4.69) is 11.2 Å². The SMILES string of the molecule is CCN(C(=O)c1cc(-c2ccco2)nc2c1c(C)nn2C)c1cc(C)cc(C)c1. The van der Waals surface area contributed by atoms with Crippen LogP contribution >= 0.6 is 0 Å². The largest absolute Gasteiger partial charge is 0.463 e. The van der Waals surface area contributed by atoms with Crippen LogP contribution in [0.3, 0.4) is 0 Å². The summed E-state index contributed by atoms with van der Waals surface area (Å²) in [7, 11) is 1.84. The van der Waals surface area contributed by atoms with E-state index in [9.17, 15) is 4.79 Å². The van der Waals surface area contributed by atoms with Crippen molar-refractivity contribution in [3.05, 3.63) is 65.0 Å². The molecule has 0 atom stereocenters. The Morgan fingerprint density at radius 2 is 1.86 bits per heavy atom. The highest BCUT2D eigenvalue weighted by Gasteiger charge is 2.24. The van der Waals surface area contributed by atoms with Gasteiger partial charge in [-0.2, -0.15) is 5.10 Å². The number of pyridine rings is 1. The molecule has 0 saturated carbocycles. The predicted octanol–water partition coefficient (Wildman–Crippen LogP) is 4.82. The Kier molecular flexibility index (Phi) is 4.70. The van der Waals surface area contributed by atoms with Crippen LogP contribution < -0.4 is 4.90 Å². The van der Waals surface area contributed by atoms with Gasteiger partial charge in [0.2, 0.25) is 0 Å². The minimum atomic E-state index is -0.0752. The first-order chi connectivity index (χ1) is 13.9. The Balaban J connectivity index is 1.92. The van der Waals surface area contributed by atoms with Gasteiger partial charge >= 0.3 is 0 Å². The van der Waals surface area contributed by atoms with E-state index in [-0.39, 0.29) is 5.91 Å². The standard InChI is InChI=1S/C23H24N4O2/c1-6-27(17-11-14(2)10-15(3)12-17)23(28)18-13-19(20-8-7-9-29-20)24-22-21(18)16(4)25-26(22)5/h7-13H,6H2,1-5H3. The van der Waals surface area contributed by atoms with Crippen LogP contribution in [0.15, 0.2) is 47.1 Å². The third-order valence-electron chi connectivity index (χ3n) is 5.05. The number of benzene rings is 1. The summed E-state index contributed by atoms with van der Waals surface area (Å²) < 4.78 is 7.25. The fourth-order valence-electron chi connectivity index (χ4n) is 3.86. The molecule has 148 valence electrons. The second-order valence-electron chi connectivity index (χ2n) is 7.34. The predicted molar refractivity (Wildman–Crippen MR) is 114 cm³/mol. The number of hydrogen-bond acceptors (Lipinski definition) is 4. The van der Waals surface area contributed by atoms with Gasteiger partial charge in [-0.1, -0.05) is 6.07 Å². The summed E-state index contributed by atoms with van der Waals surface area (Å²) in [6.07, 6.45) is 1.60. The van der Waals surface area contributed by atoms with E-state index < -0.39 is 0 Å². The highest BCUT2D eigenvalue weighted by Crippen LogP contribution is 2.29. The van der Waals surface area contributed by atoms with Crippen LogP contribution in [0.2, 0.25) is 0 Å². The summed E-state index contributed by atoms with van der Waals surface area (Å²) in [4.78, 5) is 20.2. The van der Waals surface area contributed by atoms with Gasteiger partial charge in [0.1, 0.15) is 5.69 Å². The first-order valence-corrected chi connectivity index (χ1v) is 9.67. The summed E-state index contributed by atoms with van der Waals surface area (Å²) in [6.45, 7) is 8.53. The molecule has 0 bridgehead atoms. The smallest absolute Gasteiger partial charge is 0.259 e. The van der Waals surface area contributed by atoms with E-state index in [0.29, 0.717) is 29.2 Å². The number of aromatic nitrogens is 3. The molecular weight excluding hydrogens is 364 g/mol. The van der Waals surface area contributed by atoms with Crippen molar-refractivity contribution in [3.8, 4) is 11.5 Å². The van der Waals surface area contributed by atoms with Crippen molar-refractivity contribution in [1.29, 1.82) is 0 Å². The van der Waals surface area contributed by atoms with Crippen LogP contribution in [0.1, 0.15) is 34.1 Å². The molecule has 0 aliphatic rings. The second kappa shape index (κ2) is 7.20. The lowest BCUT2D eigenvalue weighted by molar-refractivity contribution is 0.0990. The Morgan fingerprint density at radius 3 is 2.48 bits per heavy atom. The topological polar surface area (TPSA) is 64.2 Å². The van der Waals surface area contributed by atoms with Gasteiger partial charge in [-0.05, 0) is 69.2 Å². The van der Waals surface area contributed by atoms with Crippen LogP contribution in [-0.4, -0.2) is 27.2 Å². The number of carbonyl (C=O) groups excluding carboxylic acids is 1. The number of anilines is 1. The van der Waals surface area contributed by atoms with Crippen molar-refractivity contribution in [1.82, 2.24) is 14.8 Å². The molecule has 0 aliphatic heterocycles. The van der Waals surface area contributed by atoms with Gasteiger partial charge in [-0.3, -0.25) is 9.48 Å². The molecule has 6 nitrogen and oxygen atoms in total. The number of carbonyl (C=O) groups is 1. The van der Waals surface area contributed by atoms with Gasteiger partial charge in [0.25, 0.3) is 5.91 Å². The molecule has 3 heterocycles. The Labute approximate surface area is 169 Å². The third kappa shape index (κ3) is 3.31. The highest BCUT2D eigenvalue weighted by atomic mass is 16.3. The normalized spacial score (nSPS) is 11.2. The van der Waals surface area contributed by atoms with Crippen LogP contribution in [0, 0.1) is 20.8 Å². The number of rotatable bonds is 4. The summed E-state index contributed by atoms with van der Waals surface area (Å²) in [5, 5.41) is 5.27. The van der Waals surface area contributed by atoms with Crippen molar-refractivity contribution in [2.75, 3.05) is 11.4 Å². The maximum absolute atomic E-state index is 13.7. The van der Waals surface area contributed by atoms with Crippen molar-refractivity contribution in [2.24, 2.45) is 7.05 Å². The molecule has 0 aliphatic carbocycles. The monoisotopic (exact) mass is 388 g/mol. The first kappa shape index (κ1) is 18.9. The zero-order valence-corrected chi connectivity index (χ0v) is 17.4. The van der Waals surface area contributed by atoms with Crippen molar-refractivity contribution in [2.45, 2.75) is 27.7 Å². The molecule has 0 fully saturated rings. The fraction of sp³-hybridized carbons (Fsp3) is 0.261. The number of nitrogens with zero attached hydrogens (tertiary/aromatic N) is 4. The van der Waals surface area contributed by atoms with E-state index in [4.69, 9.17) is 9.40 Å². The summed E-state index contributed by atoms with van der Waals surface area (Å²) in [5.41, 5.74) is 5.77. The van der Waals surface area contributed by atoms with Gasteiger partial charge in [0.15, 0.2) is 11.4 Å². The van der Waals surface area contributed by atoms with E-state index >= 15 is 0 Å². The molecule has 1 aromatic carbocycles. The van der Waals surface area contributed by atoms with Crippen LogP contribution in [0.5, 0.6) is 0 Å². The van der Waals surface area contributed by atoms with E-state index in [1.165, 1.54) is 0 Å². The third-order valence-corrected chi connectivity index (χ3v) is 5.05. The van der Waals surface area contributed by atoms with Crippen LogP contribution in [0.4, 0.5) is 5.69 Å². The van der Waals surface area contributed by atoms with Crippen molar-refractivity contribution in [3.63, 3.8) is 0 Å². The molecule has 0 unspecified atom stereocenters. The molecule has 4 aromatic rings. The molecule has 3 aromatic heterocycles. The minimum Gasteiger partial charge on any atom is -0.463 e. The molecule has 0 saturated heterocycles. The molecule has 0 N–H and O–H groups in total. The number of amides is 1. The molecule has 4 rings (SSSR count). The Bertz CT molecular complexity index is 1190. The number of furan rings is 1. The average molecular weight is 388 g/mol. The second-order valence-corrected chi connectivity index (χ2v) is 7.34. The first-order valence-electron chi connectivity index (χ1n) is 9.67. The van der Waals surface area contributed by atoms with Gasteiger partial charge in [-0.25, -0.2) is 4.98 Å². The Hall–Kier alpha value is -3.41. The maximum atomic E-state index is 13.7. The molecule has 0 spiro atoms. The van der Waals surface area contributed by atoms with E-state index in [0.717, 1.165) is 27.9 Å². The molecule has 1 amide bonds. The van der Waals surface area contributed by atoms with Crippen LogP contribution in [0.25, 0.3) is 22.5 Å². The summed E-state index contributed by atoms with van der Waals surface area (Å²) in [5.74, 6) is 0.544. The molecule has 6 heteroatoms. The van der Waals surface area contributed by atoms with Crippen molar-refractivity contribution < 1.29 is 9.21 Å². The minimum absolute atomic E-state index is 0.0752. The molecule has 29 heavy (non-hydrogen) atoms. The number of aryl methyl sites for hydroxylation is 4. The molecule has 0 radical (unpaired) electrons. The quantitative estimate of drug-likeness (QED) is 0.503. The average Bonchev–Trinajstić information content (AvgIpc) is 3.30. The fourth-order valence-corrected chi connectivity index (χ4v) is 3.86. The zero-order valence-electron chi connectivity index (χ0n) is 17.4. The van der Waals surface area contributed by atoms with Gasteiger partial charge in [0, 0.05) is 19.3 Å². The van der Waals surface area contributed by atoms with Gasteiger partial charge < -0.3 is 9.32 Å². The maximum Gasteiger partial charge on any atom is 0.259 e. The number of fused-ring (bicyclic) bond motifs is 1. The summed E-state index contributed by atoms with van der Waals surface area (Å²) >= 11 is 0. The van der Waals surface area contributed by atoms with E-state index in [1.54, 1.807) is 15.8 Å². The summed E-state index contributed by atoms with van der Waals surface area (Å²) in [6, 6.07) is 11.6. The van der Waals surface area contributed by atoms with Gasteiger partial charge in [-0.15, -0.1) is 0 Å². The van der Waals surface area contributed by atoms with Gasteiger partial charge in [0.05, 0.1) is 22.9 Å². The number of hydrogen-bond donors (Lipinski definition) is 0.